The van der Waals surface area contributed by atoms with E-state index >= 15 is 0 Å². The van der Waals surface area contributed by atoms with E-state index < -0.39 is 0 Å². The molecule has 106 valence electrons. The van der Waals surface area contributed by atoms with Gasteiger partial charge in [-0.1, -0.05) is 30.3 Å². The fourth-order valence-corrected chi connectivity index (χ4v) is 2.97. The molecule has 1 aliphatic heterocycles. The summed E-state index contributed by atoms with van der Waals surface area (Å²) >= 11 is 0. The highest BCUT2D eigenvalue weighted by molar-refractivity contribution is 5.14. The van der Waals surface area contributed by atoms with E-state index in [2.05, 4.69) is 47.6 Å². The zero-order valence-corrected chi connectivity index (χ0v) is 12.3. The van der Waals surface area contributed by atoms with Crippen LogP contribution in [0.4, 0.5) is 0 Å². The molecule has 1 unspecified atom stereocenters. The molecule has 0 amide bonds. The highest BCUT2D eigenvalue weighted by atomic mass is 15.1. The number of rotatable bonds is 7. The molecule has 1 atom stereocenters. The summed E-state index contributed by atoms with van der Waals surface area (Å²) < 4.78 is 0. The predicted molar refractivity (Wildman–Crippen MR) is 82.5 cm³/mol. The number of benzene rings is 1. The van der Waals surface area contributed by atoms with E-state index in [1.165, 1.54) is 63.8 Å². The number of nitrogens with one attached hydrogen (secondary N) is 1. The van der Waals surface area contributed by atoms with Crippen LogP contribution in [-0.4, -0.2) is 38.1 Å². The van der Waals surface area contributed by atoms with Crippen molar-refractivity contribution in [1.82, 2.24) is 10.2 Å². The molecule has 1 aromatic carbocycles. The van der Waals surface area contributed by atoms with Crippen molar-refractivity contribution in [3.8, 4) is 0 Å². The SMILES string of the molecule is CN(CCCCc1ccccc1)CC1CCCNC1. The van der Waals surface area contributed by atoms with Gasteiger partial charge in [-0.2, -0.15) is 0 Å². The topological polar surface area (TPSA) is 15.3 Å². The third kappa shape index (κ3) is 5.75. The van der Waals surface area contributed by atoms with Crippen LogP contribution in [-0.2, 0) is 6.42 Å². The van der Waals surface area contributed by atoms with Gasteiger partial charge in [0, 0.05) is 6.54 Å². The van der Waals surface area contributed by atoms with Crippen LogP contribution < -0.4 is 5.32 Å². The van der Waals surface area contributed by atoms with Crippen molar-refractivity contribution >= 4 is 0 Å². The van der Waals surface area contributed by atoms with Crippen molar-refractivity contribution in [2.45, 2.75) is 32.1 Å². The zero-order valence-electron chi connectivity index (χ0n) is 12.3. The largest absolute Gasteiger partial charge is 0.316 e. The lowest BCUT2D eigenvalue weighted by Gasteiger charge is -2.27. The molecule has 1 saturated heterocycles. The summed E-state index contributed by atoms with van der Waals surface area (Å²) in [5.74, 6) is 0.868. The zero-order chi connectivity index (χ0) is 13.3. The number of unbranched alkanes of at least 4 members (excludes halogenated alkanes) is 1. The second kappa shape index (κ2) is 8.34. The first-order valence-electron chi connectivity index (χ1n) is 7.78. The average Bonchev–Trinajstić information content (AvgIpc) is 2.46. The first-order chi connectivity index (χ1) is 9.34. The molecule has 2 heteroatoms. The van der Waals surface area contributed by atoms with E-state index in [1.54, 1.807) is 0 Å². The number of nitrogens with zero attached hydrogens (tertiary/aromatic N) is 1. The van der Waals surface area contributed by atoms with Gasteiger partial charge in [-0.05, 0) is 70.3 Å². The third-order valence-corrected chi connectivity index (χ3v) is 4.07. The Kier molecular flexibility index (Phi) is 6.38. The van der Waals surface area contributed by atoms with Crippen molar-refractivity contribution in [2.75, 3.05) is 33.2 Å². The van der Waals surface area contributed by atoms with E-state index in [1.807, 2.05) is 0 Å². The van der Waals surface area contributed by atoms with E-state index in [4.69, 9.17) is 0 Å². The summed E-state index contributed by atoms with van der Waals surface area (Å²) in [4.78, 5) is 2.52. The van der Waals surface area contributed by atoms with Crippen molar-refractivity contribution < 1.29 is 0 Å². The average molecular weight is 260 g/mol. The Balaban J connectivity index is 1.55. The molecule has 0 aliphatic carbocycles. The van der Waals surface area contributed by atoms with Crippen LogP contribution >= 0.6 is 0 Å². The van der Waals surface area contributed by atoms with Crippen LogP contribution in [0.25, 0.3) is 0 Å². The second-order valence-corrected chi connectivity index (χ2v) is 5.92. The van der Waals surface area contributed by atoms with Crippen LogP contribution in [0.1, 0.15) is 31.2 Å². The summed E-state index contributed by atoms with van der Waals surface area (Å²) in [5.41, 5.74) is 1.47. The Labute approximate surface area is 118 Å². The fourth-order valence-electron chi connectivity index (χ4n) is 2.97. The summed E-state index contributed by atoms with van der Waals surface area (Å²) in [7, 11) is 2.27. The lowest BCUT2D eigenvalue weighted by atomic mass is 9.99. The molecular formula is C17H28N2. The minimum absolute atomic E-state index is 0.868. The van der Waals surface area contributed by atoms with Gasteiger partial charge in [-0.3, -0.25) is 0 Å². The van der Waals surface area contributed by atoms with Gasteiger partial charge in [0.05, 0.1) is 0 Å². The second-order valence-electron chi connectivity index (χ2n) is 5.92. The summed E-state index contributed by atoms with van der Waals surface area (Å²) in [6, 6.07) is 10.8. The van der Waals surface area contributed by atoms with E-state index in [-0.39, 0.29) is 0 Å². The monoisotopic (exact) mass is 260 g/mol. The maximum Gasteiger partial charge on any atom is 0.00187 e. The molecule has 0 spiro atoms. The van der Waals surface area contributed by atoms with Gasteiger partial charge in [-0.15, -0.1) is 0 Å². The van der Waals surface area contributed by atoms with E-state index in [0.29, 0.717) is 0 Å². The molecule has 2 nitrogen and oxygen atoms in total. The van der Waals surface area contributed by atoms with Gasteiger partial charge >= 0.3 is 0 Å². The van der Waals surface area contributed by atoms with Gasteiger partial charge in [0.25, 0.3) is 0 Å². The van der Waals surface area contributed by atoms with Gasteiger partial charge < -0.3 is 10.2 Å². The molecular weight excluding hydrogens is 232 g/mol. The quantitative estimate of drug-likeness (QED) is 0.758. The van der Waals surface area contributed by atoms with Crippen LogP contribution in [0, 0.1) is 5.92 Å². The molecule has 0 saturated carbocycles. The van der Waals surface area contributed by atoms with Crippen LogP contribution in [0.5, 0.6) is 0 Å². The van der Waals surface area contributed by atoms with Crippen LogP contribution in [0.15, 0.2) is 30.3 Å². The summed E-state index contributed by atoms with van der Waals surface area (Å²) in [6.07, 6.45) is 6.59. The molecule has 1 fully saturated rings. The smallest absolute Gasteiger partial charge is 0.00187 e. The Morgan fingerprint density at radius 3 is 2.79 bits per heavy atom. The Morgan fingerprint density at radius 1 is 1.21 bits per heavy atom. The third-order valence-electron chi connectivity index (χ3n) is 4.07. The fraction of sp³-hybridized carbons (Fsp3) is 0.647. The normalized spacial score (nSPS) is 19.8. The van der Waals surface area contributed by atoms with Gasteiger partial charge in [0.1, 0.15) is 0 Å². The molecule has 1 aromatic rings. The number of aryl methyl sites for hydroxylation is 1. The Hall–Kier alpha value is -0.860. The van der Waals surface area contributed by atoms with Crippen LogP contribution in [0.2, 0.25) is 0 Å². The van der Waals surface area contributed by atoms with E-state index in [9.17, 15) is 0 Å². The highest BCUT2D eigenvalue weighted by Gasteiger charge is 2.14. The lowest BCUT2D eigenvalue weighted by molar-refractivity contribution is 0.240. The molecule has 0 radical (unpaired) electrons. The molecule has 1 aliphatic rings. The van der Waals surface area contributed by atoms with Gasteiger partial charge in [0.2, 0.25) is 0 Å². The summed E-state index contributed by atoms with van der Waals surface area (Å²) in [5, 5.41) is 3.50. The molecule has 1 N–H and O–H groups in total. The molecule has 19 heavy (non-hydrogen) atoms. The van der Waals surface area contributed by atoms with Gasteiger partial charge in [0.15, 0.2) is 0 Å². The van der Waals surface area contributed by atoms with Crippen molar-refractivity contribution in [2.24, 2.45) is 5.92 Å². The van der Waals surface area contributed by atoms with E-state index in [0.717, 1.165) is 5.92 Å². The van der Waals surface area contributed by atoms with Crippen LogP contribution in [0.3, 0.4) is 0 Å². The van der Waals surface area contributed by atoms with Crippen molar-refractivity contribution in [3.05, 3.63) is 35.9 Å². The highest BCUT2D eigenvalue weighted by Crippen LogP contribution is 2.11. The maximum atomic E-state index is 3.50. The number of hydrogen-bond donors (Lipinski definition) is 1. The molecule has 0 aromatic heterocycles. The van der Waals surface area contributed by atoms with Crippen molar-refractivity contribution in [1.29, 1.82) is 0 Å². The molecule has 0 bridgehead atoms. The standard InChI is InChI=1S/C17H28N2/c1-19(15-17-11-7-12-18-14-17)13-6-5-10-16-8-3-2-4-9-16/h2-4,8-9,17-18H,5-7,10-15H2,1H3. The lowest BCUT2D eigenvalue weighted by Crippen LogP contribution is -2.37. The Morgan fingerprint density at radius 2 is 2.05 bits per heavy atom. The van der Waals surface area contributed by atoms with Crippen molar-refractivity contribution in [3.63, 3.8) is 0 Å². The molecule has 2 rings (SSSR count). The molecule has 1 heterocycles. The maximum absolute atomic E-state index is 3.50. The number of hydrogen-bond acceptors (Lipinski definition) is 2. The first kappa shape index (κ1) is 14.5. The minimum atomic E-state index is 0.868. The predicted octanol–water partition coefficient (Wildman–Crippen LogP) is 2.94. The first-order valence-corrected chi connectivity index (χ1v) is 7.78. The Bertz CT molecular complexity index is 330. The summed E-state index contributed by atoms with van der Waals surface area (Å²) in [6.45, 7) is 4.94. The van der Waals surface area contributed by atoms with Gasteiger partial charge in [-0.25, -0.2) is 0 Å². The number of piperidine rings is 1. The minimum Gasteiger partial charge on any atom is -0.316 e.